The van der Waals surface area contributed by atoms with Crippen molar-refractivity contribution in [2.24, 2.45) is 5.73 Å². The molecule has 1 aliphatic heterocycles. The number of nitrogens with zero attached hydrogens (tertiary/aromatic N) is 2. The van der Waals surface area contributed by atoms with Gasteiger partial charge >= 0.3 is 6.09 Å². The van der Waals surface area contributed by atoms with Crippen LogP contribution in [0, 0.1) is 11.4 Å². The van der Waals surface area contributed by atoms with Crippen LogP contribution >= 0.6 is 0 Å². The maximum atomic E-state index is 13.5. The minimum absolute atomic E-state index is 0.0381. The number of nitrogen functional groups attached to an aromatic ring is 1. The van der Waals surface area contributed by atoms with Crippen molar-refractivity contribution >= 4 is 11.9 Å². The molecular weight excluding hydrogens is 315 g/mol. The standard InChI is InChI=1S/C16H23FN4O3/c1-16(2,3)24-15(22)21-6-4-10(5-7-21)23-11-8-12(14(18)19)20-13(17)9-11/h8-10H,4-7H2,1-3H3,(H3,18,19). The number of likely N-dealkylation sites (tertiary alicyclic amines) is 1. The average Bonchev–Trinajstić information content (AvgIpc) is 2.45. The number of ether oxygens (including phenoxy) is 2. The molecule has 2 heterocycles. The predicted molar refractivity (Wildman–Crippen MR) is 86.7 cm³/mol. The molecular formula is C16H23FN4O3. The number of halogens is 1. The second kappa shape index (κ2) is 7.02. The summed E-state index contributed by atoms with van der Waals surface area (Å²) < 4.78 is 24.5. The lowest BCUT2D eigenvalue weighted by Crippen LogP contribution is -2.44. The lowest BCUT2D eigenvalue weighted by molar-refractivity contribution is 0.0126. The van der Waals surface area contributed by atoms with Crippen LogP contribution in [0.2, 0.25) is 0 Å². The van der Waals surface area contributed by atoms with Crippen molar-refractivity contribution < 1.29 is 18.7 Å². The highest BCUT2D eigenvalue weighted by molar-refractivity contribution is 5.93. The molecule has 8 heteroatoms. The summed E-state index contributed by atoms with van der Waals surface area (Å²) in [6.07, 6.45) is 0.733. The summed E-state index contributed by atoms with van der Waals surface area (Å²) in [5, 5.41) is 7.33. The van der Waals surface area contributed by atoms with Gasteiger partial charge < -0.3 is 20.1 Å². The van der Waals surface area contributed by atoms with Gasteiger partial charge in [-0.15, -0.1) is 0 Å². The quantitative estimate of drug-likeness (QED) is 0.500. The van der Waals surface area contributed by atoms with Crippen molar-refractivity contribution in [3.63, 3.8) is 0 Å². The van der Waals surface area contributed by atoms with Gasteiger partial charge in [-0.05, 0) is 20.8 Å². The number of nitrogens with two attached hydrogens (primary N) is 1. The summed E-state index contributed by atoms with van der Waals surface area (Å²) in [4.78, 5) is 17.2. The zero-order valence-electron chi connectivity index (χ0n) is 14.1. The third-order valence-electron chi connectivity index (χ3n) is 3.44. The number of piperidine rings is 1. The van der Waals surface area contributed by atoms with E-state index in [0.29, 0.717) is 25.9 Å². The molecule has 1 fully saturated rings. The van der Waals surface area contributed by atoms with Crippen LogP contribution in [0.5, 0.6) is 5.75 Å². The maximum Gasteiger partial charge on any atom is 0.410 e. The van der Waals surface area contributed by atoms with E-state index < -0.39 is 11.5 Å². The molecule has 132 valence electrons. The lowest BCUT2D eigenvalue weighted by atomic mass is 10.1. The van der Waals surface area contributed by atoms with Crippen molar-refractivity contribution in [1.29, 1.82) is 5.41 Å². The summed E-state index contributed by atoms with van der Waals surface area (Å²) in [5.41, 5.74) is 4.84. The molecule has 1 aromatic heterocycles. The molecule has 0 unspecified atom stereocenters. The number of hydrogen-bond acceptors (Lipinski definition) is 5. The van der Waals surface area contributed by atoms with Gasteiger partial charge in [0.1, 0.15) is 29.0 Å². The molecule has 0 bridgehead atoms. The fourth-order valence-corrected chi connectivity index (χ4v) is 2.35. The number of pyridine rings is 1. The molecule has 0 aromatic carbocycles. The second-order valence-corrected chi connectivity index (χ2v) is 6.71. The van der Waals surface area contributed by atoms with Crippen molar-refractivity contribution in [1.82, 2.24) is 9.88 Å². The Morgan fingerprint density at radius 2 is 2.00 bits per heavy atom. The Morgan fingerprint density at radius 3 is 2.54 bits per heavy atom. The predicted octanol–water partition coefficient (Wildman–Crippen LogP) is 2.28. The zero-order valence-corrected chi connectivity index (χ0v) is 14.1. The van der Waals surface area contributed by atoms with Gasteiger partial charge in [0.2, 0.25) is 5.95 Å². The van der Waals surface area contributed by atoms with Crippen molar-refractivity contribution in [3.05, 3.63) is 23.8 Å². The topological polar surface area (TPSA) is 102 Å². The van der Waals surface area contributed by atoms with E-state index in [4.69, 9.17) is 20.6 Å². The molecule has 0 atom stereocenters. The van der Waals surface area contributed by atoms with Crippen molar-refractivity contribution in [2.45, 2.75) is 45.3 Å². The van der Waals surface area contributed by atoms with E-state index in [0.717, 1.165) is 6.07 Å². The molecule has 0 aliphatic carbocycles. The van der Waals surface area contributed by atoms with Gasteiger partial charge in [-0.1, -0.05) is 0 Å². The molecule has 0 spiro atoms. The fraction of sp³-hybridized carbons (Fsp3) is 0.562. The van der Waals surface area contributed by atoms with Gasteiger partial charge in [-0.2, -0.15) is 4.39 Å². The van der Waals surface area contributed by atoms with E-state index in [-0.39, 0.29) is 29.5 Å². The van der Waals surface area contributed by atoms with Gasteiger partial charge in [0.15, 0.2) is 0 Å². The van der Waals surface area contributed by atoms with Crippen LogP contribution < -0.4 is 10.5 Å². The van der Waals surface area contributed by atoms with Crippen LogP contribution in [0.25, 0.3) is 0 Å². The monoisotopic (exact) mass is 338 g/mol. The van der Waals surface area contributed by atoms with Gasteiger partial charge in [0.25, 0.3) is 0 Å². The Morgan fingerprint density at radius 1 is 1.38 bits per heavy atom. The highest BCUT2D eigenvalue weighted by Crippen LogP contribution is 2.21. The molecule has 3 N–H and O–H groups in total. The highest BCUT2D eigenvalue weighted by Gasteiger charge is 2.27. The molecule has 0 radical (unpaired) electrons. The SMILES string of the molecule is CC(C)(C)OC(=O)N1CCC(Oc2cc(F)nc(C(=N)N)c2)CC1. The number of nitrogens with one attached hydrogen (secondary N) is 1. The fourth-order valence-electron chi connectivity index (χ4n) is 2.35. The van der Waals surface area contributed by atoms with Gasteiger partial charge in [0, 0.05) is 38.1 Å². The summed E-state index contributed by atoms with van der Waals surface area (Å²) >= 11 is 0. The molecule has 1 amide bonds. The Bertz CT molecular complexity index is 622. The molecule has 1 aromatic rings. The van der Waals surface area contributed by atoms with Gasteiger partial charge in [-0.3, -0.25) is 5.41 Å². The first-order valence-electron chi connectivity index (χ1n) is 7.80. The number of carbonyl (C=O) groups is 1. The number of hydrogen-bond donors (Lipinski definition) is 2. The first-order chi connectivity index (χ1) is 11.1. The van der Waals surface area contributed by atoms with Gasteiger partial charge in [-0.25, -0.2) is 9.78 Å². The second-order valence-electron chi connectivity index (χ2n) is 6.71. The molecule has 7 nitrogen and oxygen atoms in total. The number of amidine groups is 1. The number of aromatic nitrogens is 1. The van der Waals surface area contributed by atoms with Gasteiger partial charge in [0.05, 0.1) is 0 Å². The van der Waals surface area contributed by atoms with E-state index >= 15 is 0 Å². The van der Waals surface area contributed by atoms with E-state index in [1.165, 1.54) is 6.07 Å². The van der Waals surface area contributed by atoms with E-state index in [1.807, 2.05) is 20.8 Å². The molecule has 1 saturated heterocycles. The zero-order chi connectivity index (χ0) is 17.9. The minimum atomic E-state index is -0.746. The lowest BCUT2D eigenvalue weighted by Gasteiger charge is -2.33. The van der Waals surface area contributed by atoms with E-state index in [2.05, 4.69) is 4.98 Å². The Hall–Kier alpha value is -2.38. The van der Waals surface area contributed by atoms with Crippen LogP contribution in [-0.2, 0) is 4.74 Å². The average molecular weight is 338 g/mol. The molecule has 0 saturated carbocycles. The first-order valence-corrected chi connectivity index (χ1v) is 7.80. The Balaban J connectivity index is 1.92. The molecule has 24 heavy (non-hydrogen) atoms. The van der Waals surface area contributed by atoms with Crippen LogP contribution in [0.1, 0.15) is 39.3 Å². The normalized spacial score (nSPS) is 15.9. The Kier molecular flexibility index (Phi) is 5.26. The summed E-state index contributed by atoms with van der Waals surface area (Å²) in [6, 6.07) is 2.60. The van der Waals surface area contributed by atoms with Crippen LogP contribution in [0.15, 0.2) is 12.1 Å². The van der Waals surface area contributed by atoms with E-state index in [1.54, 1.807) is 4.90 Å². The van der Waals surface area contributed by atoms with Crippen molar-refractivity contribution in [2.75, 3.05) is 13.1 Å². The van der Waals surface area contributed by atoms with Crippen LogP contribution in [-0.4, -0.2) is 46.6 Å². The third-order valence-corrected chi connectivity index (χ3v) is 3.44. The number of rotatable bonds is 3. The van der Waals surface area contributed by atoms with Crippen LogP contribution in [0.4, 0.5) is 9.18 Å². The number of amides is 1. The molecule has 1 aliphatic rings. The first kappa shape index (κ1) is 18.0. The molecule has 2 rings (SSSR count). The Labute approximate surface area is 140 Å². The summed E-state index contributed by atoms with van der Waals surface area (Å²) in [6.45, 7) is 6.49. The summed E-state index contributed by atoms with van der Waals surface area (Å²) in [7, 11) is 0. The minimum Gasteiger partial charge on any atom is -0.490 e. The smallest absolute Gasteiger partial charge is 0.410 e. The number of carbonyl (C=O) groups excluding carboxylic acids is 1. The highest BCUT2D eigenvalue weighted by atomic mass is 19.1. The largest absolute Gasteiger partial charge is 0.490 e. The third kappa shape index (κ3) is 5.07. The van der Waals surface area contributed by atoms with Crippen molar-refractivity contribution in [3.8, 4) is 5.75 Å². The van der Waals surface area contributed by atoms with E-state index in [9.17, 15) is 9.18 Å². The maximum absolute atomic E-state index is 13.5. The summed E-state index contributed by atoms with van der Waals surface area (Å²) in [5.74, 6) is -0.786. The van der Waals surface area contributed by atoms with Crippen LogP contribution in [0.3, 0.4) is 0 Å².